The van der Waals surface area contributed by atoms with Crippen LogP contribution in [0.4, 0.5) is 4.39 Å². The van der Waals surface area contributed by atoms with E-state index < -0.39 is 5.82 Å². The molecule has 5 heteroatoms. The lowest BCUT2D eigenvalue weighted by atomic mass is 9.74. The third kappa shape index (κ3) is 4.31. The Balaban J connectivity index is 1.39. The van der Waals surface area contributed by atoms with Gasteiger partial charge in [0.25, 0.3) is 5.91 Å². The Kier molecular flexibility index (Phi) is 6.25. The van der Waals surface area contributed by atoms with Crippen molar-refractivity contribution in [1.82, 2.24) is 9.80 Å². The maximum Gasteiger partial charge on any atom is 0.254 e. The summed E-state index contributed by atoms with van der Waals surface area (Å²) in [4.78, 5) is 17.4. The lowest BCUT2D eigenvalue weighted by Gasteiger charge is -2.57. The molecule has 0 aliphatic carbocycles. The van der Waals surface area contributed by atoms with Crippen LogP contribution >= 0.6 is 0 Å². The van der Waals surface area contributed by atoms with Crippen LogP contribution in [0.2, 0.25) is 0 Å². The number of fused-ring (bicyclic) bond motifs is 1. The van der Waals surface area contributed by atoms with Crippen LogP contribution in [0.5, 0.6) is 0 Å². The van der Waals surface area contributed by atoms with Crippen LogP contribution in [0.1, 0.15) is 34.7 Å². The van der Waals surface area contributed by atoms with E-state index in [4.69, 9.17) is 0 Å². The maximum atomic E-state index is 13.7. The van der Waals surface area contributed by atoms with E-state index in [2.05, 4.69) is 41.3 Å². The first-order valence-corrected chi connectivity index (χ1v) is 11.7. The summed E-state index contributed by atoms with van der Waals surface area (Å²) in [6.07, 6.45) is 1.87. The van der Waals surface area contributed by atoms with Gasteiger partial charge in [-0.1, -0.05) is 60.7 Å². The number of nitrogens with zero attached hydrogens (tertiary/aromatic N) is 2. The zero-order valence-corrected chi connectivity index (χ0v) is 18.6. The highest BCUT2D eigenvalue weighted by molar-refractivity contribution is 5.94. The molecule has 3 aromatic rings. The minimum absolute atomic E-state index is 0.0572. The third-order valence-electron chi connectivity index (χ3n) is 7.13. The molecule has 0 radical (unpaired) electrons. The topological polar surface area (TPSA) is 43.8 Å². The smallest absolute Gasteiger partial charge is 0.254 e. The average molecular weight is 445 g/mol. The monoisotopic (exact) mass is 444 g/mol. The van der Waals surface area contributed by atoms with Crippen molar-refractivity contribution in [2.75, 3.05) is 26.2 Å². The van der Waals surface area contributed by atoms with Gasteiger partial charge in [0.1, 0.15) is 5.82 Å². The Morgan fingerprint density at radius 3 is 2.36 bits per heavy atom. The van der Waals surface area contributed by atoms with E-state index in [1.807, 2.05) is 23.1 Å². The number of carbonyl (C=O) groups excluding carboxylic acids is 1. The molecule has 2 aliphatic rings. The summed E-state index contributed by atoms with van der Waals surface area (Å²) in [5, 5.41) is 10.2. The van der Waals surface area contributed by atoms with Crippen molar-refractivity contribution in [1.29, 1.82) is 0 Å². The molecule has 3 aromatic carbocycles. The summed E-state index contributed by atoms with van der Waals surface area (Å²) in [6, 6.07) is 25.0. The third-order valence-corrected chi connectivity index (χ3v) is 7.13. The highest BCUT2D eigenvalue weighted by Crippen LogP contribution is 2.42. The van der Waals surface area contributed by atoms with E-state index >= 15 is 0 Å². The summed E-state index contributed by atoms with van der Waals surface area (Å²) in [5.74, 6) is -0.363. The Hall–Kier alpha value is -3.02. The Labute approximate surface area is 194 Å². The number of hydrogen-bond acceptors (Lipinski definition) is 3. The molecule has 33 heavy (non-hydrogen) atoms. The fourth-order valence-corrected chi connectivity index (χ4v) is 5.46. The summed E-state index contributed by atoms with van der Waals surface area (Å²) in [5.41, 5.74) is 3.92. The van der Waals surface area contributed by atoms with Crippen molar-refractivity contribution in [2.24, 2.45) is 0 Å². The minimum Gasteiger partial charge on any atom is -0.395 e. The molecule has 0 aromatic heterocycles. The van der Waals surface area contributed by atoms with E-state index in [0.29, 0.717) is 18.7 Å². The number of amides is 1. The summed E-state index contributed by atoms with van der Waals surface area (Å²) >= 11 is 0. The Morgan fingerprint density at radius 1 is 0.909 bits per heavy atom. The van der Waals surface area contributed by atoms with Crippen LogP contribution in [0.3, 0.4) is 0 Å². The van der Waals surface area contributed by atoms with Gasteiger partial charge in [-0.25, -0.2) is 4.39 Å². The van der Waals surface area contributed by atoms with Crippen LogP contribution in [0.25, 0.3) is 11.1 Å². The summed E-state index contributed by atoms with van der Waals surface area (Å²) in [7, 11) is 0. The van der Waals surface area contributed by atoms with Crippen molar-refractivity contribution in [3.05, 3.63) is 95.8 Å². The summed E-state index contributed by atoms with van der Waals surface area (Å²) < 4.78 is 13.7. The Bertz CT molecular complexity index is 1100. The van der Waals surface area contributed by atoms with Crippen molar-refractivity contribution in [2.45, 2.75) is 30.8 Å². The molecule has 1 N–H and O–H groups in total. The molecule has 170 valence electrons. The van der Waals surface area contributed by atoms with Gasteiger partial charge in [0.2, 0.25) is 0 Å². The molecule has 0 spiro atoms. The second kappa shape index (κ2) is 9.46. The Morgan fingerprint density at radius 2 is 1.64 bits per heavy atom. The van der Waals surface area contributed by atoms with E-state index in [1.54, 1.807) is 12.1 Å². The van der Waals surface area contributed by atoms with Crippen LogP contribution in [0.15, 0.2) is 78.9 Å². The largest absolute Gasteiger partial charge is 0.395 e. The van der Waals surface area contributed by atoms with Crippen LogP contribution in [0, 0.1) is 5.82 Å². The molecule has 0 unspecified atom stereocenters. The number of benzene rings is 3. The van der Waals surface area contributed by atoms with Gasteiger partial charge in [-0.15, -0.1) is 0 Å². The zero-order valence-electron chi connectivity index (χ0n) is 18.6. The molecular formula is C28H29FN2O2. The van der Waals surface area contributed by atoms with Gasteiger partial charge in [0, 0.05) is 36.7 Å². The van der Waals surface area contributed by atoms with E-state index in [-0.39, 0.29) is 30.5 Å². The maximum absolute atomic E-state index is 13.7. The van der Waals surface area contributed by atoms with E-state index in [1.165, 1.54) is 23.3 Å². The molecule has 0 saturated carbocycles. The van der Waals surface area contributed by atoms with Gasteiger partial charge in [-0.2, -0.15) is 0 Å². The number of hydrogen-bond donors (Lipinski definition) is 1. The molecule has 4 nitrogen and oxygen atoms in total. The van der Waals surface area contributed by atoms with Crippen molar-refractivity contribution < 1.29 is 14.3 Å². The number of aliphatic hydroxyl groups is 1. The van der Waals surface area contributed by atoms with E-state index in [9.17, 15) is 14.3 Å². The predicted molar refractivity (Wildman–Crippen MR) is 128 cm³/mol. The van der Waals surface area contributed by atoms with Gasteiger partial charge in [0.05, 0.1) is 6.61 Å². The van der Waals surface area contributed by atoms with Crippen molar-refractivity contribution in [3.8, 4) is 11.1 Å². The van der Waals surface area contributed by atoms with Crippen molar-refractivity contribution in [3.63, 3.8) is 0 Å². The normalized spacial score (nSPS) is 23.2. The fraction of sp³-hybridized carbons (Fsp3) is 0.321. The molecule has 2 fully saturated rings. The molecule has 0 bridgehead atoms. The van der Waals surface area contributed by atoms with Gasteiger partial charge < -0.3 is 10.0 Å². The first-order valence-electron chi connectivity index (χ1n) is 11.7. The quantitative estimate of drug-likeness (QED) is 0.642. The molecule has 3 atom stereocenters. The summed E-state index contributed by atoms with van der Waals surface area (Å²) in [6.45, 7) is 2.27. The highest BCUT2D eigenvalue weighted by Gasteiger charge is 2.49. The predicted octanol–water partition coefficient (Wildman–Crippen LogP) is 4.56. The van der Waals surface area contributed by atoms with Crippen LogP contribution in [-0.4, -0.2) is 59.1 Å². The SMILES string of the molecule is O=C(c1cccc(F)c1)N1CCCCN2[C@@H](CO)[C@H](c3ccc(-c4ccccc4)cc3)[C@@H]2C1. The van der Waals surface area contributed by atoms with Gasteiger partial charge in [0.15, 0.2) is 0 Å². The molecule has 5 rings (SSSR count). The first-order chi connectivity index (χ1) is 16.2. The van der Waals surface area contributed by atoms with Gasteiger partial charge in [-0.05, 0) is 54.3 Å². The fourth-order valence-electron chi connectivity index (χ4n) is 5.46. The average Bonchev–Trinajstić information content (AvgIpc) is 2.83. The lowest BCUT2D eigenvalue weighted by Crippen LogP contribution is -2.67. The van der Waals surface area contributed by atoms with Crippen LogP contribution in [-0.2, 0) is 0 Å². The number of halogens is 1. The second-order valence-electron chi connectivity index (χ2n) is 9.04. The van der Waals surface area contributed by atoms with E-state index in [0.717, 1.165) is 24.9 Å². The molecular weight excluding hydrogens is 415 g/mol. The highest BCUT2D eigenvalue weighted by atomic mass is 19.1. The molecule has 2 aliphatic heterocycles. The minimum atomic E-state index is -0.394. The lowest BCUT2D eigenvalue weighted by molar-refractivity contribution is -0.0606. The van der Waals surface area contributed by atoms with Gasteiger partial charge in [-0.3, -0.25) is 9.69 Å². The first kappa shape index (κ1) is 21.8. The standard InChI is InChI=1S/C28H29FN2O2/c29-24-10-6-9-23(17-24)28(33)30-15-4-5-16-31-25(18-30)27(26(31)19-32)22-13-11-21(12-14-22)20-7-2-1-3-8-20/h1-3,6-14,17,25-27,32H,4-5,15-16,18-19H2/t25-,26-,27+/m0/s1. The number of aliphatic hydroxyl groups excluding tert-OH is 1. The molecule has 2 saturated heterocycles. The molecule has 1 amide bonds. The van der Waals surface area contributed by atoms with Crippen LogP contribution < -0.4 is 0 Å². The molecule has 2 heterocycles. The van der Waals surface area contributed by atoms with Crippen molar-refractivity contribution >= 4 is 5.91 Å². The number of carbonyl (C=O) groups is 1. The second-order valence-corrected chi connectivity index (χ2v) is 9.04. The zero-order chi connectivity index (χ0) is 22.8. The van der Waals surface area contributed by atoms with Gasteiger partial charge >= 0.3 is 0 Å². The number of rotatable bonds is 4.